The van der Waals surface area contributed by atoms with E-state index in [-0.39, 0.29) is 12.6 Å². The molecule has 1 rings (SSSR count). The van der Waals surface area contributed by atoms with E-state index in [1.807, 2.05) is 6.07 Å². The van der Waals surface area contributed by atoms with E-state index in [0.717, 1.165) is 5.56 Å². The molecule has 0 aromatic carbocycles. The molecule has 0 aliphatic rings. The number of hydrogen-bond acceptors (Lipinski definition) is 4. The van der Waals surface area contributed by atoms with Gasteiger partial charge in [-0.3, -0.25) is 0 Å². The number of nitrogens with zero attached hydrogens (tertiary/aromatic N) is 1. The maximum atomic E-state index is 8.70. The molecule has 72 valence electrons. The molecule has 0 aliphatic heterocycles. The molecule has 0 bridgehead atoms. The summed E-state index contributed by atoms with van der Waals surface area (Å²) in [6.45, 7) is 0.0891. The minimum atomic E-state index is -0.151. The largest absolute Gasteiger partial charge is 0.481 e. The molecule has 0 radical (unpaired) electrons. The van der Waals surface area contributed by atoms with Gasteiger partial charge in [-0.25, -0.2) is 4.98 Å². The van der Waals surface area contributed by atoms with Crippen LogP contribution in [-0.4, -0.2) is 23.8 Å². The summed E-state index contributed by atoms with van der Waals surface area (Å²) in [6.07, 6.45) is 2.19. The summed E-state index contributed by atoms with van der Waals surface area (Å²) in [5, 5.41) is 8.70. The average molecular weight is 182 g/mol. The quantitative estimate of drug-likeness (QED) is 0.710. The van der Waals surface area contributed by atoms with Crippen molar-refractivity contribution in [2.75, 3.05) is 13.7 Å². The first kappa shape index (κ1) is 9.95. The van der Waals surface area contributed by atoms with E-state index in [1.165, 1.54) is 0 Å². The molecule has 0 saturated heterocycles. The first-order valence-corrected chi connectivity index (χ1v) is 4.14. The summed E-state index contributed by atoms with van der Waals surface area (Å²) < 4.78 is 4.95. The summed E-state index contributed by atoms with van der Waals surface area (Å²) in [5.74, 6) is 0.547. The van der Waals surface area contributed by atoms with E-state index in [2.05, 4.69) is 4.98 Å². The predicted octanol–water partition coefficient (Wildman–Crippen LogP) is 0.472. The van der Waals surface area contributed by atoms with Gasteiger partial charge in [0.1, 0.15) is 0 Å². The monoisotopic (exact) mass is 182 g/mol. The Labute approximate surface area is 77.4 Å². The van der Waals surface area contributed by atoms with Crippen LogP contribution in [0.3, 0.4) is 0 Å². The lowest BCUT2D eigenvalue weighted by Gasteiger charge is -2.10. The van der Waals surface area contributed by atoms with Gasteiger partial charge < -0.3 is 15.6 Å². The van der Waals surface area contributed by atoms with Gasteiger partial charge in [-0.1, -0.05) is 0 Å². The molecule has 0 saturated carbocycles. The van der Waals surface area contributed by atoms with Crippen molar-refractivity contribution in [1.29, 1.82) is 0 Å². The van der Waals surface area contributed by atoms with E-state index in [4.69, 9.17) is 15.6 Å². The second-order valence-electron chi connectivity index (χ2n) is 2.75. The van der Waals surface area contributed by atoms with Gasteiger partial charge in [0, 0.05) is 24.9 Å². The standard InChI is InChI=1S/C9H14N2O2/c1-13-9-6-7(2-4-11-9)8(10)3-5-12/h2,4,6,8,12H,3,5,10H2,1H3/t8-/m1/s1. The van der Waals surface area contributed by atoms with Gasteiger partial charge >= 0.3 is 0 Å². The predicted molar refractivity (Wildman–Crippen MR) is 49.4 cm³/mol. The summed E-state index contributed by atoms with van der Waals surface area (Å²) in [7, 11) is 1.56. The summed E-state index contributed by atoms with van der Waals surface area (Å²) in [4.78, 5) is 3.96. The Morgan fingerprint density at radius 2 is 2.46 bits per heavy atom. The molecule has 0 fully saturated rings. The maximum absolute atomic E-state index is 8.70. The van der Waals surface area contributed by atoms with E-state index in [9.17, 15) is 0 Å². The van der Waals surface area contributed by atoms with Crippen molar-refractivity contribution in [2.24, 2.45) is 5.73 Å². The molecule has 1 atom stereocenters. The number of methoxy groups -OCH3 is 1. The van der Waals surface area contributed by atoms with Crippen molar-refractivity contribution in [1.82, 2.24) is 4.98 Å². The zero-order valence-electron chi connectivity index (χ0n) is 7.60. The zero-order chi connectivity index (χ0) is 9.68. The van der Waals surface area contributed by atoms with Gasteiger partial charge in [-0.2, -0.15) is 0 Å². The molecule has 0 unspecified atom stereocenters. The van der Waals surface area contributed by atoms with Crippen LogP contribution in [0.5, 0.6) is 5.88 Å². The highest BCUT2D eigenvalue weighted by molar-refractivity contribution is 5.23. The Morgan fingerprint density at radius 3 is 3.08 bits per heavy atom. The number of aromatic nitrogens is 1. The van der Waals surface area contributed by atoms with E-state index in [1.54, 1.807) is 19.4 Å². The summed E-state index contributed by atoms with van der Waals surface area (Å²) in [6, 6.07) is 3.45. The van der Waals surface area contributed by atoms with Crippen LogP contribution >= 0.6 is 0 Å². The van der Waals surface area contributed by atoms with Crippen molar-refractivity contribution in [3.8, 4) is 5.88 Å². The summed E-state index contributed by atoms with van der Waals surface area (Å²) in [5.41, 5.74) is 6.72. The Balaban J connectivity index is 2.75. The Bertz CT molecular complexity index is 266. The van der Waals surface area contributed by atoms with E-state index in [0.29, 0.717) is 12.3 Å². The molecule has 1 aromatic rings. The van der Waals surface area contributed by atoms with Gasteiger partial charge in [0.05, 0.1) is 7.11 Å². The number of nitrogens with two attached hydrogens (primary N) is 1. The summed E-state index contributed by atoms with van der Waals surface area (Å²) >= 11 is 0. The molecule has 1 heterocycles. The third-order valence-electron chi connectivity index (χ3n) is 1.84. The van der Waals surface area contributed by atoms with Gasteiger partial charge in [-0.05, 0) is 18.1 Å². The molecule has 4 nitrogen and oxygen atoms in total. The lowest BCUT2D eigenvalue weighted by atomic mass is 10.1. The van der Waals surface area contributed by atoms with Crippen LogP contribution in [0.15, 0.2) is 18.3 Å². The lowest BCUT2D eigenvalue weighted by molar-refractivity contribution is 0.276. The fourth-order valence-corrected chi connectivity index (χ4v) is 1.07. The molecule has 1 aromatic heterocycles. The molecule has 0 amide bonds. The smallest absolute Gasteiger partial charge is 0.213 e. The first-order chi connectivity index (χ1) is 6.27. The van der Waals surface area contributed by atoms with Gasteiger partial charge in [0.25, 0.3) is 0 Å². The molecule has 0 aliphatic carbocycles. The van der Waals surface area contributed by atoms with Gasteiger partial charge in [0.15, 0.2) is 0 Å². The topological polar surface area (TPSA) is 68.4 Å². The number of rotatable bonds is 4. The van der Waals surface area contributed by atoms with Crippen LogP contribution < -0.4 is 10.5 Å². The van der Waals surface area contributed by atoms with Crippen LogP contribution in [0.1, 0.15) is 18.0 Å². The normalized spacial score (nSPS) is 12.5. The van der Waals surface area contributed by atoms with Crippen LogP contribution in [0.4, 0.5) is 0 Å². The highest BCUT2D eigenvalue weighted by atomic mass is 16.5. The first-order valence-electron chi connectivity index (χ1n) is 4.14. The average Bonchev–Trinajstić information content (AvgIpc) is 2.18. The zero-order valence-corrected chi connectivity index (χ0v) is 7.60. The lowest BCUT2D eigenvalue weighted by Crippen LogP contribution is -2.12. The fourth-order valence-electron chi connectivity index (χ4n) is 1.07. The molecule has 3 N–H and O–H groups in total. The molecule has 4 heteroatoms. The Kier molecular flexibility index (Phi) is 3.67. The third kappa shape index (κ3) is 2.68. The van der Waals surface area contributed by atoms with Crippen molar-refractivity contribution in [2.45, 2.75) is 12.5 Å². The number of pyridine rings is 1. The Hall–Kier alpha value is -1.13. The highest BCUT2D eigenvalue weighted by Gasteiger charge is 2.05. The Morgan fingerprint density at radius 1 is 1.69 bits per heavy atom. The SMILES string of the molecule is COc1cc([C@H](N)CCO)ccn1. The van der Waals surface area contributed by atoms with Crippen LogP contribution in [-0.2, 0) is 0 Å². The second kappa shape index (κ2) is 4.79. The van der Waals surface area contributed by atoms with Crippen LogP contribution in [0, 0.1) is 0 Å². The number of ether oxygens (including phenoxy) is 1. The molecular weight excluding hydrogens is 168 g/mol. The number of aliphatic hydroxyl groups excluding tert-OH is 1. The number of hydrogen-bond donors (Lipinski definition) is 2. The van der Waals surface area contributed by atoms with Crippen LogP contribution in [0.2, 0.25) is 0 Å². The maximum Gasteiger partial charge on any atom is 0.213 e. The van der Waals surface area contributed by atoms with Crippen LogP contribution in [0.25, 0.3) is 0 Å². The van der Waals surface area contributed by atoms with Crippen molar-refractivity contribution in [3.05, 3.63) is 23.9 Å². The van der Waals surface area contributed by atoms with Gasteiger partial charge in [0.2, 0.25) is 5.88 Å². The second-order valence-corrected chi connectivity index (χ2v) is 2.75. The van der Waals surface area contributed by atoms with Crippen molar-refractivity contribution >= 4 is 0 Å². The molecule has 0 spiro atoms. The highest BCUT2D eigenvalue weighted by Crippen LogP contribution is 2.16. The number of aliphatic hydroxyl groups is 1. The minimum absolute atomic E-state index is 0.0891. The van der Waals surface area contributed by atoms with Crippen molar-refractivity contribution < 1.29 is 9.84 Å². The van der Waals surface area contributed by atoms with Crippen molar-refractivity contribution in [3.63, 3.8) is 0 Å². The van der Waals surface area contributed by atoms with E-state index < -0.39 is 0 Å². The van der Waals surface area contributed by atoms with Gasteiger partial charge in [-0.15, -0.1) is 0 Å². The minimum Gasteiger partial charge on any atom is -0.481 e. The molecule has 13 heavy (non-hydrogen) atoms. The third-order valence-corrected chi connectivity index (χ3v) is 1.84. The fraction of sp³-hybridized carbons (Fsp3) is 0.444. The van der Waals surface area contributed by atoms with E-state index >= 15 is 0 Å². The molecular formula is C9H14N2O2.